The van der Waals surface area contributed by atoms with Crippen molar-refractivity contribution < 1.29 is 13.5 Å². The van der Waals surface area contributed by atoms with Gasteiger partial charge in [0.2, 0.25) is 0 Å². The van der Waals surface area contributed by atoms with Gasteiger partial charge in [-0.3, -0.25) is 4.72 Å². The summed E-state index contributed by atoms with van der Waals surface area (Å²) in [7, 11) is -3.54. The third kappa shape index (κ3) is 4.23. The lowest BCUT2D eigenvalue weighted by Crippen LogP contribution is -2.35. The summed E-state index contributed by atoms with van der Waals surface area (Å²) in [5.74, 6) is 5.36. The summed E-state index contributed by atoms with van der Waals surface area (Å²) in [5.41, 5.74) is 2.08. The second kappa shape index (κ2) is 7.29. The highest BCUT2D eigenvalue weighted by Crippen LogP contribution is 2.16. The zero-order chi connectivity index (χ0) is 15.2. The molecule has 2 N–H and O–H groups in total. The van der Waals surface area contributed by atoms with E-state index in [4.69, 9.17) is 5.11 Å². The van der Waals surface area contributed by atoms with Gasteiger partial charge in [-0.2, -0.15) is 12.7 Å². The van der Waals surface area contributed by atoms with Crippen molar-refractivity contribution in [2.24, 2.45) is 0 Å². The molecule has 20 heavy (non-hydrogen) atoms. The molecular formula is C14H20N2O3S. The average molecular weight is 296 g/mol. The fraction of sp³-hybridized carbons (Fsp3) is 0.429. The van der Waals surface area contributed by atoms with Crippen LogP contribution < -0.4 is 4.72 Å². The van der Waals surface area contributed by atoms with E-state index in [0.29, 0.717) is 24.3 Å². The van der Waals surface area contributed by atoms with Crippen LogP contribution in [0.2, 0.25) is 0 Å². The van der Waals surface area contributed by atoms with Gasteiger partial charge in [-0.1, -0.05) is 31.8 Å². The zero-order valence-electron chi connectivity index (χ0n) is 12.0. The van der Waals surface area contributed by atoms with Gasteiger partial charge in [0.05, 0.1) is 5.69 Å². The fourth-order valence-electron chi connectivity index (χ4n) is 1.73. The van der Waals surface area contributed by atoms with E-state index in [9.17, 15) is 8.42 Å². The second-order valence-corrected chi connectivity index (χ2v) is 5.85. The quantitative estimate of drug-likeness (QED) is 0.806. The highest BCUT2D eigenvalue weighted by molar-refractivity contribution is 7.90. The fourth-order valence-corrected chi connectivity index (χ4v) is 2.97. The monoisotopic (exact) mass is 296 g/mol. The van der Waals surface area contributed by atoms with Crippen LogP contribution in [0, 0.1) is 18.8 Å². The molecule has 110 valence electrons. The van der Waals surface area contributed by atoms with Crippen molar-refractivity contribution in [3.63, 3.8) is 0 Å². The summed E-state index contributed by atoms with van der Waals surface area (Å²) >= 11 is 0. The molecule has 0 amide bonds. The minimum absolute atomic E-state index is 0.227. The molecule has 0 spiro atoms. The van der Waals surface area contributed by atoms with E-state index in [-0.39, 0.29) is 6.61 Å². The van der Waals surface area contributed by atoms with E-state index in [1.165, 1.54) is 4.31 Å². The van der Waals surface area contributed by atoms with Crippen molar-refractivity contribution in [2.45, 2.75) is 20.8 Å². The number of nitrogens with one attached hydrogen (secondary N) is 1. The van der Waals surface area contributed by atoms with Crippen LogP contribution in [0.15, 0.2) is 18.2 Å². The first-order valence-corrected chi connectivity index (χ1v) is 7.86. The van der Waals surface area contributed by atoms with E-state index in [0.717, 1.165) is 5.56 Å². The van der Waals surface area contributed by atoms with Gasteiger partial charge in [-0.25, -0.2) is 0 Å². The molecule has 0 bridgehead atoms. The number of hydrogen-bond donors (Lipinski definition) is 2. The van der Waals surface area contributed by atoms with Gasteiger partial charge in [0.25, 0.3) is 0 Å². The van der Waals surface area contributed by atoms with Gasteiger partial charge in [0.15, 0.2) is 0 Å². The van der Waals surface area contributed by atoms with Gasteiger partial charge in [-0.15, -0.1) is 0 Å². The summed E-state index contributed by atoms with van der Waals surface area (Å²) in [6, 6.07) is 5.15. The highest BCUT2D eigenvalue weighted by atomic mass is 32.2. The molecule has 6 heteroatoms. The predicted octanol–water partition coefficient (Wildman–Crippen LogP) is 1.34. The topological polar surface area (TPSA) is 69.6 Å². The number of aliphatic hydroxyl groups excluding tert-OH is 1. The Balaban J connectivity index is 3.05. The van der Waals surface area contributed by atoms with Gasteiger partial charge in [-0.05, 0) is 24.6 Å². The first-order valence-electron chi connectivity index (χ1n) is 6.42. The third-order valence-electron chi connectivity index (χ3n) is 2.83. The van der Waals surface area contributed by atoms with E-state index in [1.807, 2.05) is 6.92 Å². The smallest absolute Gasteiger partial charge is 0.301 e. The molecule has 0 fully saturated rings. The van der Waals surface area contributed by atoms with Crippen molar-refractivity contribution in [2.75, 3.05) is 24.4 Å². The number of rotatable bonds is 5. The van der Waals surface area contributed by atoms with Crippen LogP contribution in [0.1, 0.15) is 25.0 Å². The van der Waals surface area contributed by atoms with Gasteiger partial charge >= 0.3 is 10.2 Å². The minimum atomic E-state index is -3.54. The third-order valence-corrected chi connectivity index (χ3v) is 4.52. The molecule has 0 saturated carbocycles. The Morgan fingerprint density at radius 2 is 1.95 bits per heavy atom. The van der Waals surface area contributed by atoms with Crippen molar-refractivity contribution >= 4 is 15.9 Å². The van der Waals surface area contributed by atoms with E-state index in [2.05, 4.69) is 16.6 Å². The molecule has 0 aliphatic carbocycles. The number of hydrogen-bond acceptors (Lipinski definition) is 3. The van der Waals surface area contributed by atoms with Crippen LogP contribution in [-0.4, -0.2) is 37.5 Å². The van der Waals surface area contributed by atoms with Crippen molar-refractivity contribution in [3.8, 4) is 11.8 Å². The lowest BCUT2D eigenvalue weighted by molar-refractivity contribution is 0.350. The molecule has 0 unspecified atom stereocenters. The number of nitrogens with zero attached hydrogens (tertiary/aromatic N) is 1. The predicted molar refractivity (Wildman–Crippen MR) is 80.6 cm³/mol. The van der Waals surface area contributed by atoms with Crippen molar-refractivity contribution in [3.05, 3.63) is 29.3 Å². The largest absolute Gasteiger partial charge is 0.384 e. The van der Waals surface area contributed by atoms with E-state index >= 15 is 0 Å². The molecule has 0 saturated heterocycles. The standard InChI is InChI=1S/C14H20N2O3S/c1-4-16(5-2)20(18,19)15-14-9-8-12(3)13(11-14)7-6-10-17/h8-9,11,15,17H,4-5,10H2,1-3H3. The normalized spacial score (nSPS) is 11.1. The molecular weight excluding hydrogens is 276 g/mol. The molecule has 1 aromatic rings. The zero-order valence-corrected chi connectivity index (χ0v) is 12.8. The van der Waals surface area contributed by atoms with Crippen LogP contribution in [0.3, 0.4) is 0 Å². The first kappa shape index (κ1) is 16.5. The Labute approximate surface area is 120 Å². The molecule has 0 aliphatic rings. The molecule has 0 radical (unpaired) electrons. The summed E-state index contributed by atoms with van der Waals surface area (Å²) in [6.45, 7) is 6.05. The first-order chi connectivity index (χ1) is 9.44. The van der Waals surface area contributed by atoms with Crippen LogP contribution >= 0.6 is 0 Å². The molecule has 0 aliphatic heterocycles. The number of aliphatic hydroxyl groups is 1. The lowest BCUT2D eigenvalue weighted by atomic mass is 10.1. The van der Waals surface area contributed by atoms with Crippen LogP contribution in [0.4, 0.5) is 5.69 Å². The summed E-state index contributed by atoms with van der Waals surface area (Å²) in [5, 5.41) is 8.72. The van der Waals surface area contributed by atoms with Gasteiger partial charge < -0.3 is 5.11 Å². The van der Waals surface area contributed by atoms with Crippen LogP contribution in [-0.2, 0) is 10.2 Å². The molecule has 1 rings (SSSR count). The van der Waals surface area contributed by atoms with Gasteiger partial charge in [0, 0.05) is 18.7 Å². The minimum Gasteiger partial charge on any atom is -0.384 e. The Kier molecular flexibility index (Phi) is 6.02. The Morgan fingerprint density at radius 1 is 1.30 bits per heavy atom. The van der Waals surface area contributed by atoms with Crippen LogP contribution in [0.5, 0.6) is 0 Å². The average Bonchev–Trinajstić information content (AvgIpc) is 2.40. The molecule has 5 nitrogen and oxygen atoms in total. The second-order valence-electron chi connectivity index (χ2n) is 4.18. The highest BCUT2D eigenvalue weighted by Gasteiger charge is 2.18. The summed E-state index contributed by atoms with van der Waals surface area (Å²) < 4.78 is 28.1. The van der Waals surface area contributed by atoms with Crippen molar-refractivity contribution in [1.29, 1.82) is 0 Å². The molecule has 0 aromatic heterocycles. The Morgan fingerprint density at radius 3 is 2.50 bits per heavy atom. The maximum Gasteiger partial charge on any atom is 0.301 e. The van der Waals surface area contributed by atoms with Gasteiger partial charge in [0.1, 0.15) is 6.61 Å². The van der Waals surface area contributed by atoms with Crippen LogP contribution in [0.25, 0.3) is 0 Å². The van der Waals surface area contributed by atoms with E-state index in [1.54, 1.807) is 32.0 Å². The number of aryl methyl sites for hydroxylation is 1. The maximum atomic E-state index is 12.1. The van der Waals surface area contributed by atoms with Crippen molar-refractivity contribution in [1.82, 2.24) is 4.31 Å². The molecule has 0 heterocycles. The summed E-state index contributed by atoms with van der Waals surface area (Å²) in [4.78, 5) is 0. The molecule has 0 atom stereocenters. The molecule has 1 aromatic carbocycles. The maximum absolute atomic E-state index is 12.1. The summed E-state index contributed by atoms with van der Waals surface area (Å²) in [6.07, 6.45) is 0. The number of anilines is 1. The number of benzene rings is 1. The van der Waals surface area contributed by atoms with E-state index < -0.39 is 10.2 Å². The Bertz CT molecular complexity index is 611. The SMILES string of the molecule is CCN(CC)S(=O)(=O)Nc1ccc(C)c(C#CCO)c1. The lowest BCUT2D eigenvalue weighted by Gasteiger charge is -2.19. The Hall–Kier alpha value is -1.55.